The number of fused-ring (bicyclic) bond motifs is 4. The lowest BCUT2D eigenvalue weighted by molar-refractivity contribution is 0.0952. The maximum Gasteiger partial charge on any atom is 0.253 e. The summed E-state index contributed by atoms with van der Waals surface area (Å²) < 4.78 is 0. The molecule has 0 radical (unpaired) electrons. The Labute approximate surface area is 144 Å². The van der Waals surface area contributed by atoms with Gasteiger partial charge in [0, 0.05) is 24.0 Å². The largest absolute Gasteiger partial charge is 0.351 e. The van der Waals surface area contributed by atoms with Crippen molar-refractivity contribution >= 4 is 39.0 Å². The molecular formula is C19H19N5O. The lowest BCUT2D eigenvalue weighted by Gasteiger charge is -2.11. The average Bonchev–Trinajstić information content (AvgIpc) is 2.96. The third-order valence-corrected chi connectivity index (χ3v) is 4.22. The third kappa shape index (κ3) is 2.81. The van der Waals surface area contributed by atoms with Crippen molar-refractivity contribution in [2.24, 2.45) is 0 Å². The number of H-pyrrole nitrogens is 1. The monoisotopic (exact) mass is 333 g/mol. The molecular weight excluding hydrogens is 314 g/mol. The first-order valence-electron chi connectivity index (χ1n) is 8.23. The summed E-state index contributed by atoms with van der Waals surface area (Å²) in [6.45, 7) is 1.37. The van der Waals surface area contributed by atoms with Crippen molar-refractivity contribution in [2.75, 3.05) is 27.2 Å². The topological polar surface area (TPSA) is 73.9 Å². The zero-order valence-corrected chi connectivity index (χ0v) is 14.2. The van der Waals surface area contributed by atoms with Crippen LogP contribution in [0.1, 0.15) is 10.4 Å². The summed E-state index contributed by atoms with van der Waals surface area (Å²) in [6, 6.07) is 13.5. The highest BCUT2D eigenvalue weighted by molar-refractivity contribution is 6.09. The Morgan fingerprint density at radius 2 is 1.92 bits per heavy atom. The molecule has 126 valence electrons. The fourth-order valence-electron chi connectivity index (χ4n) is 2.95. The number of amides is 1. The van der Waals surface area contributed by atoms with Gasteiger partial charge in [0.05, 0.1) is 11.1 Å². The lowest BCUT2D eigenvalue weighted by Crippen LogP contribution is -2.31. The molecule has 0 spiro atoms. The number of rotatable bonds is 4. The molecule has 2 aromatic carbocycles. The molecule has 0 atom stereocenters. The van der Waals surface area contributed by atoms with Crippen LogP contribution in [0.2, 0.25) is 0 Å². The summed E-state index contributed by atoms with van der Waals surface area (Å²) in [5, 5.41) is 3.97. The molecule has 0 aliphatic rings. The number of carbonyl (C=O) groups excluding carboxylic acids is 1. The Bertz CT molecular complexity index is 1080. The molecule has 4 aromatic rings. The van der Waals surface area contributed by atoms with E-state index in [4.69, 9.17) is 4.98 Å². The minimum Gasteiger partial charge on any atom is -0.351 e. The molecule has 0 aliphatic carbocycles. The quantitative estimate of drug-likeness (QED) is 0.602. The normalized spacial score (nSPS) is 11.6. The Balaban J connectivity index is 1.80. The van der Waals surface area contributed by atoms with Gasteiger partial charge in [-0.1, -0.05) is 24.3 Å². The van der Waals surface area contributed by atoms with E-state index < -0.39 is 0 Å². The van der Waals surface area contributed by atoms with Crippen LogP contribution >= 0.6 is 0 Å². The van der Waals surface area contributed by atoms with E-state index >= 15 is 0 Å². The van der Waals surface area contributed by atoms with E-state index in [-0.39, 0.29) is 5.91 Å². The van der Waals surface area contributed by atoms with Crippen LogP contribution in [0, 0.1) is 0 Å². The lowest BCUT2D eigenvalue weighted by atomic mass is 10.1. The third-order valence-electron chi connectivity index (χ3n) is 4.22. The molecule has 0 aliphatic heterocycles. The highest BCUT2D eigenvalue weighted by Gasteiger charge is 2.14. The van der Waals surface area contributed by atoms with Gasteiger partial charge >= 0.3 is 0 Å². The molecule has 2 N–H and O–H groups in total. The summed E-state index contributed by atoms with van der Waals surface area (Å²) in [5.41, 5.74) is 4.39. The molecule has 6 heteroatoms. The Morgan fingerprint density at radius 1 is 1.08 bits per heavy atom. The zero-order valence-electron chi connectivity index (χ0n) is 14.2. The van der Waals surface area contributed by atoms with E-state index in [9.17, 15) is 4.79 Å². The van der Waals surface area contributed by atoms with Crippen molar-refractivity contribution in [1.29, 1.82) is 0 Å². The van der Waals surface area contributed by atoms with E-state index in [1.165, 1.54) is 0 Å². The van der Waals surface area contributed by atoms with Crippen LogP contribution in [0.3, 0.4) is 0 Å². The van der Waals surface area contributed by atoms with Crippen molar-refractivity contribution in [1.82, 2.24) is 25.2 Å². The van der Waals surface area contributed by atoms with Crippen LogP contribution in [0.5, 0.6) is 0 Å². The molecule has 1 amide bonds. The van der Waals surface area contributed by atoms with Gasteiger partial charge in [-0.15, -0.1) is 0 Å². The van der Waals surface area contributed by atoms with Crippen molar-refractivity contribution in [3.63, 3.8) is 0 Å². The standard InChI is InChI=1S/C19H19N5O/c1-24(2)11-10-20-19(25)13-7-5-9-15-16(13)23-18-17(21-15)12-6-3-4-8-14(12)22-18/h3-9H,10-11H2,1-2H3,(H,20,25)(H,22,23). The predicted octanol–water partition coefficient (Wildman–Crippen LogP) is 2.56. The van der Waals surface area contributed by atoms with Gasteiger partial charge in [-0.3, -0.25) is 4.79 Å². The second-order valence-electron chi connectivity index (χ2n) is 6.32. The fourth-order valence-corrected chi connectivity index (χ4v) is 2.95. The van der Waals surface area contributed by atoms with E-state index in [1.54, 1.807) is 6.07 Å². The van der Waals surface area contributed by atoms with Gasteiger partial charge in [-0.25, -0.2) is 9.97 Å². The molecule has 0 saturated carbocycles. The van der Waals surface area contributed by atoms with Gasteiger partial charge in [0.2, 0.25) is 0 Å². The van der Waals surface area contributed by atoms with Crippen molar-refractivity contribution in [3.05, 3.63) is 48.0 Å². The van der Waals surface area contributed by atoms with Gasteiger partial charge in [-0.2, -0.15) is 0 Å². The second-order valence-corrected chi connectivity index (χ2v) is 6.32. The van der Waals surface area contributed by atoms with Crippen molar-refractivity contribution < 1.29 is 4.79 Å². The molecule has 4 rings (SSSR count). The number of para-hydroxylation sites is 2. The number of likely N-dealkylation sites (N-methyl/N-ethyl adjacent to an activating group) is 1. The average molecular weight is 333 g/mol. The van der Waals surface area contributed by atoms with E-state index in [0.717, 1.165) is 28.5 Å². The summed E-state index contributed by atoms with van der Waals surface area (Å²) in [5.74, 6) is -0.128. The first-order chi connectivity index (χ1) is 12.1. The minimum atomic E-state index is -0.128. The van der Waals surface area contributed by atoms with Crippen LogP contribution in [-0.2, 0) is 0 Å². The summed E-state index contributed by atoms with van der Waals surface area (Å²) in [4.78, 5) is 27.3. The molecule has 6 nitrogen and oxygen atoms in total. The van der Waals surface area contributed by atoms with E-state index in [0.29, 0.717) is 23.3 Å². The smallest absolute Gasteiger partial charge is 0.253 e. The van der Waals surface area contributed by atoms with Crippen LogP contribution in [0.15, 0.2) is 42.5 Å². The summed E-state index contributed by atoms with van der Waals surface area (Å²) >= 11 is 0. The molecule has 0 bridgehead atoms. The first-order valence-corrected chi connectivity index (χ1v) is 8.23. The highest BCUT2D eigenvalue weighted by Crippen LogP contribution is 2.25. The SMILES string of the molecule is CN(C)CCNC(=O)c1cccc2nc3c(nc12)[nH]c1ccccc13. The number of aromatic nitrogens is 3. The maximum absolute atomic E-state index is 12.5. The number of hydrogen-bond donors (Lipinski definition) is 2. The Kier molecular flexibility index (Phi) is 3.82. The van der Waals surface area contributed by atoms with Gasteiger partial charge in [0.1, 0.15) is 11.0 Å². The Morgan fingerprint density at radius 3 is 2.76 bits per heavy atom. The minimum absolute atomic E-state index is 0.128. The molecule has 25 heavy (non-hydrogen) atoms. The maximum atomic E-state index is 12.5. The van der Waals surface area contributed by atoms with Gasteiger partial charge in [0.25, 0.3) is 5.91 Å². The van der Waals surface area contributed by atoms with Gasteiger partial charge in [0.15, 0.2) is 5.65 Å². The van der Waals surface area contributed by atoms with Crippen LogP contribution < -0.4 is 5.32 Å². The zero-order chi connectivity index (χ0) is 17.4. The van der Waals surface area contributed by atoms with Crippen LogP contribution in [0.4, 0.5) is 0 Å². The number of aromatic amines is 1. The van der Waals surface area contributed by atoms with E-state index in [1.807, 2.05) is 55.4 Å². The number of nitrogens with one attached hydrogen (secondary N) is 2. The molecule has 2 heterocycles. The number of nitrogens with zero attached hydrogens (tertiary/aromatic N) is 3. The molecule has 2 aromatic heterocycles. The summed E-state index contributed by atoms with van der Waals surface area (Å²) in [7, 11) is 3.95. The number of carbonyl (C=O) groups is 1. The van der Waals surface area contributed by atoms with Crippen molar-refractivity contribution in [2.45, 2.75) is 0 Å². The first kappa shape index (κ1) is 15.5. The predicted molar refractivity (Wildman–Crippen MR) is 99.8 cm³/mol. The second kappa shape index (κ2) is 6.14. The number of hydrogen-bond acceptors (Lipinski definition) is 4. The molecule has 0 unspecified atom stereocenters. The van der Waals surface area contributed by atoms with E-state index in [2.05, 4.69) is 15.3 Å². The fraction of sp³-hybridized carbons (Fsp3) is 0.211. The highest BCUT2D eigenvalue weighted by atomic mass is 16.1. The van der Waals surface area contributed by atoms with Gasteiger partial charge < -0.3 is 15.2 Å². The summed E-state index contributed by atoms with van der Waals surface area (Å²) in [6.07, 6.45) is 0. The van der Waals surface area contributed by atoms with Crippen LogP contribution in [0.25, 0.3) is 33.1 Å². The molecule has 0 fully saturated rings. The van der Waals surface area contributed by atoms with Crippen molar-refractivity contribution in [3.8, 4) is 0 Å². The Hall–Kier alpha value is -2.99. The van der Waals surface area contributed by atoms with Gasteiger partial charge in [-0.05, 0) is 32.3 Å². The van der Waals surface area contributed by atoms with Crippen LogP contribution in [-0.4, -0.2) is 52.9 Å². The molecule has 0 saturated heterocycles. The number of benzene rings is 2.